The second-order valence-electron chi connectivity index (χ2n) is 5.33. The first kappa shape index (κ1) is 18.7. The molecule has 0 heterocycles. The molecule has 3 aromatic rings. The first-order valence-electron chi connectivity index (χ1n) is 7.27. The highest BCUT2D eigenvalue weighted by Gasteiger charge is 2.31. The number of phenolic OH excluding ortho intramolecular Hbond substituents is 1. The molecule has 0 aromatic heterocycles. The molecule has 27 heavy (non-hydrogen) atoms. The maximum atomic E-state index is 11.7. The van der Waals surface area contributed by atoms with Gasteiger partial charge >= 0.3 is 15.8 Å². The lowest BCUT2D eigenvalue weighted by molar-refractivity contribution is -0.387. The van der Waals surface area contributed by atoms with Crippen LogP contribution in [0.2, 0.25) is 5.02 Å². The van der Waals surface area contributed by atoms with Gasteiger partial charge in [0.05, 0.1) is 4.92 Å². The van der Waals surface area contributed by atoms with Gasteiger partial charge in [0.2, 0.25) is 4.90 Å². The topological polar surface area (TPSA) is 142 Å². The van der Waals surface area contributed by atoms with E-state index in [0.717, 1.165) is 17.5 Å². The fourth-order valence-corrected chi connectivity index (χ4v) is 3.58. The lowest BCUT2D eigenvalue weighted by atomic mass is 10.1. The molecule has 11 heteroatoms. The third kappa shape index (κ3) is 3.58. The van der Waals surface area contributed by atoms with Crippen LogP contribution in [0.15, 0.2) is 63.7 Å². The van der Waals surface area contributed by atoms with E-state index in [0.29, 0.717) is 5.39 Å². The minimum Gasteiger partial charge on any atom is -0.506 e. The Hall–Kier alpha value is -3.08. The molecule has 0 saturated carbocycles. The predicted octanol–water partition coefficient (Wildman–Crippen LogP) is 4.77. The SMILES string of the molecule is O=[N+]([O-])c1c(Cl)ccc(N=Nc2c(O)ccc3ccccc23)c1S(=O)(=O)O. The molecule has 0 aliphatic carbocycles. The molecule has 0 radical (unpaired) electrons. The second-order valence-corrected chi connectivity index (χ2v) is 7.10. The highest BCUT2D eigenvalue weighted by atomic mass is 35.5. The van der Waals surface area contributed by atoms with E-state index in [2.05, 4.69) is 10.2 Å². The van der Waals surface area contributed by atoms with Crippen molar-refractivity contribution in [1.82, 2.24) is 0 Å². The third-order valence-corrected chi connectivity index (χ3v) is 4.86. The number of rotatable bonds is 4. The van der Waals surface area contributed by atoms with Crippen LogP contribution in [0.25, 0.3) is 10.8 Å². The summed E-state index contributed by atoms with van der Waals surface area (Å²) in [7, 11) is -5.03. The Bertz CT molecular complexity index is 1210. The monoisotopic (exact) mass is 407 g/mol. The van der Waals surface area contributed by atoms with Gasteiger partial charge in [0.25, 0.3) is 0 Å². The minimum atomic E-state index is -5.03. The summed E-state index contributed by atoms with van der Waals surface area (Å²) >= 11 is 5.69. The van der Waals surface area contributed by atoms with Crippen LogP contribution in [0, 0.1) is 10.1 Å². The number of benzene rings is 3. The van der Waals surface area contributed by atoms with Crippen molar-refractivity contribution >= 4 is 49.6 Å². The average Bonchev–Trinajstić information content (AvgIpc) is 2.60. The maximum absolute atomic E-state index is 11.7. The van der Waals surface area contributed by atoms with Gasteiger partial charge in [-0.05, 0) is 23.6 Å². The Morgan fingerprint density at radius 3 is 2.41 bits per heavy atom. The summed E-state index contributed by atoms with van der Waals surface area (Å²) in [5.41, 5.74) is -1.48. The van der Waals surface area contributed by atoms with Crippen LogP contribution in [0.1, 0.15) is 0 Å². The quantitative estimate of drug-likeness (QED) is 0.276. The lowest BCUT2D eigenvalue weighted by Gasteiger charge is -2.06. The van der Waals surface area contributed by atoms with Crippen LogP contribution < -0.4 is 0 Å². The molecule has 0 aliphatic rings. The lowest BCUT2D eigenvalue weighted by Crippen LogP contribution is -2.04. The molecule has 3 aromatic carbocycles. The van der Waals surface area contributed by atoms with Crippen LogP contribution in [0.5, 0.6) is 5.75 Å². The Morgan fingerprint density at radius 2 is 1.74 bits per heavy atom. The molecule has 0 bridgehead atoms. The number of nitro groups is 1. The molecule has 0 unspecified atom stereocenters. The number of aromatic hydroxyl groups is 1. The number of azo groups is 1. The fraction of sp³-hybridized carbons (Fsp3) is 0. The molecule has 0 aliphatic heterocycles. The van der Waals surface area contributed by atoms with Crippen molar-refractivity contribution in [1.29, 1.82) is 0 Å². The van der Waals surface area contributed by atoms with E-state index in [-0.39, 0.29) is 11.4 Å². The van der Waals surface area contributed by atoms with E-state index in [4.69, 9.17) is 11.6 Å². The number of nitrogens with zero attached hydrogens (tertiary/aromatic N) is 3. The Balaban J connectivity index is 2.25. The van der Waals surface area contributed by atoms with E-state index >= 15 is 0 Å². The first-order valence-corrected chi connectivity index (χ1v) is 9.09. The van der Waals surface area contributed by atoms with Crippen molar-refractivity contribution in [3.05, 3.63) is 63.7 Å². The first-order chi connectivity index (χ1) is 12.7. The summed E-state index contributed by atoms with van der Waals surface area (Å²) in [6.45, 7) is 0. The number of fused-ring (bicyclic) bond motifs is 1. The zero-order chi connectivity index (χ0) is 19.8. The Labute approximate surface area is 157 Å². The normalized spacial score (nSPS) is 11.9. The molecule has 138 valence electrons. The zero-order valence-corrected chi connectivity index (χ0v) is 14.8. The summed E-state index contributed by atoms with van der Waals surface area (Å²) in [5, 5.41) is 29.5. The fourth-order valence-electron chi connectivity index (χ4n) is 2.49. The van der Waals surface area contributed by atoms with Crippen molar-refractivity contribution in [2.45, 2.75) is 4.90 Å². The summed E-state index contributed by atoms with van der Waals surface area (Å²) < 4.78 is 32.7. The number of hydrogen-bond acceptors (Lipinski definition) is 7. The largest absolute Gasteiger partial charge is 0.506 e. The van der Waals surface area contributed by atoms with Crippen LogP contribution >= 0.6 is 11.6 Å². The summed E-state index contributed by atoms with van der Waals surface area (Å²) in [6.07, 6.45) is 0. The summed E-state index contributed by atoms with van der Waals surface area (Å²) in [4.78, 5) is 9.06. The number of hydrogen-bond donors (Lipinski definition) is 2. The van der Waals surface area contributed by atoms with Gasteiger partial charge in [0.1, 0.15) is 22.1 Å². The number of phenols is 1. The highest BCUT2D eigenvalue weighted by molar-refractivity contribution is 7.86. The van der Waals surface area contributed by atoms with E-state index in [1.54, 1.807) is 30.3 Å². The molecule has 0 amide bonds. The van der Waals surface area contributed by atoms with Crippen molar-refractivity contribution in [2.75, 3.05) is 0 Å². The van der Waals surface area contributed by atoms with Gasteiger partial charge in [0.15, 0.2) is 0 Å². The van der Waals surface area contributed by atoms with Crippen LogP contribution in [0.3, 0.4) is 0 Å². The van der Waals surface area contributed by atoms with Gasteiger partial charge < -0.3 is 5.11 Å². The molecule has 3 rings (SSSR count). The maximum Gasteiger partial charge on any atom is 0.311 e. The number of nitro benzene ring substituents is 1. The van der Waals surface area contributed by atoms with E-state index in [1.807, 2.05) is 0 Å². The molecular formula is C16H10ClN3O6S. The van der Waals surface area contributed by atoms with Gasteiger partial charge in [-0.15, -0.1) is 10.2 Å². The molecule has 0 saturated heterocycles. The van der Waals surface area contributed by atoms with E-state index < -0.39 is 36.3 Å². The van der Waals surface area contributed by atoms with Gasteiger partial charge in [-0.25, -0.2) is 0 Å². The van der Waals surface area contributed by atoms with Gasteiger partial charge in [-0.2, -0.15) is 8.42 Å². The van der Waals surface area contributed by atoms with Crippen LogP contribution in [0.4, 0.5) is 17.1 Å². The second kappa shape index (κ2) is 6.91. The van der Waals surface area contributed by atoms with Gasteiger partial charge in [-0.1, -0.05) is 41.9 Å². The number of halogens is 1. The highest BCUT2D eigenvalue weighted by Crippen LogP contribution is 2.41. The summed E-state index contributed by atoms with van der Waals surface area (Å²) in [6, 6.07) is 12.1. The molecule has 0 fully saturated rings. The van der Waals surface area contributed by atoms with Crippen molar-refractivity contribution in [3.8, 4) is 5.75 Å². The Kier molecular flexibility index (Phi) is 4.79. The molecule has 2 N–H and O–H groups in total. The van der Waals surface area contributed by atoms with Gasteiger partial charge in [-0.3, -0.25) is 14.7 Å². The van der Waals surface area contributed by atoms with Gasteiger partial charge in [0, 0.05) is 5.39 Å². The molecule has 0 spiro atoms. The van der Waals surface area contributed by atoms with Crippen LogP contribution in [-0.4, -0.2) is 23.0 Å². The van der Waals surface area contributed by atoms with E-state index in [1.165, 1.54) is 6.07 Å². The van der Waals surface area contributed by atoms with Crippen molar-refractivity contribution in [3.63, 3.8) is 0 Å². The third-order valence-electron chi connectivity index (χ3n) is 3.64. The van der Waals surface area contributed by atoms with Crippen molar-refractivity contribution < 1.29 is 23.0 Å². The molecule has 0 atom stereocenters. The summed E-state index contributed by atoms with van der Waals surface area (Å²) in [5.74, 6) is -0.227. The molecular weight excluding hydrogens is 398 g/mol. The minimum absolute atomic E-state index is 0.0343. The smallest absolute Gasteiger partial charge is 0.311 e. The zero-order valence-electron chi connectivity index (χ0n) is 13.3. The predicted molar refractivity (Wildman–Crippen MR) is 97.7 cm³/mol. The Morgan fingerprint density at radius 1 is 1.04 bits per heavy atom. The van der Waals surface area contributed by atoms with Crippen LogP contribution in [-0.2, 0) is 10.1 Å². The van der Waals surface area contributed by atoms with E-state index in [9.17, 15) is 28.2 Å². The average molecular weight is 408 g/mol. The standard InChI is InChI=1S/C16H10ClN3O6S/c17-11-6-7-12(16(27(24,25)26)15(11)20(22)23)18-19-14-10-4-2-1-3-9(10)5-8-13(14)21/h1-8,21H,(H,24,25,26). The molecule has 9 nitrogen and oxygen atoms in total. The van der Waals surface area contributed by atoms with Crippen molar-refractivity contribution in [2.24, 2.45) is 10.2 Å².